The fourth-order valence-corrected chi connectivity index (χ4v) is 0. The molecule has 0 aromatic carbocycles. The van der Waals surface area contributed by atoms with Gasteiger partial charge in [-0.2, -0.15) is 62.3 Å². The molecule has 0 unspecified atom stereocenters. The molecule has 0 aliphatic heterocycles. The van der Waals surface area contributed by atoms with Gasteiger partial charge in [0.2, 0.25) is 0 Å². The van der Waals surface area contributed by atoms with Crippen LogP contribution in [0.5, 0.6) is 0 Å². The van der Waals surface area contributed by atoms with Crippen molar-refractivity contribution in [1.82, 2.24) is 0 Å². The van der Waals surface area contributed by atoms with Crippen LogP contribution in [0.15, 0.2) is 0 Å². The van der Waals surface area contributed by atoms with E-state index in [4.69, 9.17) is 0 Å². The summed E-state index contributed by atoms with van der Waals surface area (Å²) in [6, 6.07) is 0. The molecule has 0 fully saturated rings. The molecule has 0 amide bonds. The van der Waals surface area contributed by atoms with Crippen molar-refractivity contribution < 1.29 is 19.5 Å². The Kier molecular flexibility index (Phi) is 33.2. The third-order valence-electron chi connectivity index (χ3n) is 0. The Balaban J connectivity index is -0.0000000450. The van der Waals surface area contributed by atoms with Gasteiger partial charge in [-0.25, -0.2) is 0 Å². The van der Waals surface area contributed by atoms with Gasteiger partial charge in [-0.15, -0.1) is 0 Å². The molecule has 0 atom stereocenters. The van der Waals surface area contributed by atoms with Crippen molar-refractivity contribution in [3.8, 4) is 0 Å². The van der Waals surface area contributed by atoms with Crippen molar-refractivity contribution in [3.05, 3.63) is 17.8 Å². The van der Waals surface area contributed by atoms with Crippen molar-refractivity contribution in [1.29, 1.82) is 0 Å². The molecule has 0 aliphatic rings. The summed E-state index contributed by atoms with van der Waals surface area (Å²) in [5.74, 6) is 4.25. The van der Waals surface area contributed by atoms with Gasteiger partial charge >= 0.3 is 0 Å². The van der Waals surface area contributed by atoms with Crippen LogP contribution in [0.4, 0.5) is 0 Å². The summed E-state index contributed by atoms with van der Waals surface area (Å²) >= 11 is 0. The largest absolute Gasteiger partial charge is 0.323 e. The minimum absolute atomic E-state index is 0. The molecule has 0 bridgehead atoms. The fourth-order valence-electron chi connectivity index (χ4n) is 0. The summed E-state index contributed by atoms with van der Waals surface area (Å²) in [5, 5.41) is 0. The Morgan fingerprint density at radius 2 is 0.385 bits per heavy atom. The van der Waals surface area contributed by atoms with Crippen molar-refractivity contribution in [2.24, 2.45) is 0 Å². The van der Waals surface area contributed by atoms with Gasteiger partial charge in [-0.3, -0.25) is 0 Å². The van der Waals surface area contributed by atoms with Gasteiger partial charge in [-0.1, -0.05) is 0 Å². The first-order chi connectivity index (χ1) is 5.20. The van der Waals surface area contributed by atoms with Crippen LogP contribution in [0.2, 0.25) is 0 Å². The predicted molar refractivity (Wildman–Crippen MR) is 60.8 cm³/mol. The van der Waals surface area contributed by atoms with E-state index in [2.05, 4.69) is 62.3 Å². The molecule has 0 saturated heterocycles. The average molecular weight is 237 g/mol. The van der Waals surface area contributed by atoms with Crippen molar-refractivity contribution >= 4 is 0 Å². The number of hydrogen-bond donors (Lipinski definition) is 0. The minimum atomic E-state index is 0. The Bertz CT molecular complexity index is 33.6. The van der Waals surface area contributed by atoms with E-state index >= 15 is 0 Å². The van der Waals surface area contributed by atoms with Gasteiger partial charge in [-0.05, 0) is 0 Å². The molecule has 0 N–H and O–H groups in total. The zero-order chi connectivity index (χ0) is 10.7. The van der Waals surface area contributed by atoms with E-state index in [-0.39, 0.29) is 19.5 Å². The quantitative estimate of drug-likeness (QED) is 0.416. The molecular weight excluding hydrogens is 210 g/mol. The third kappa shape index (κ3) is 3670. The first-order valence-corrected chi connectivity index (χ1v) is 4.50. The molecule has 0 aromatic heterocycles. The van der Waals surface area contributed by atoms with Crippen LogP contribution in [-0.4, -0.2) is 0 Å². The maximum absolute atomic E-state index is 2.08. The topological polar surface area (TPSA) is 0 Å². The minimum Gasteiger partial charge on any atom is -0.323 e. The Morgan fingerprint density at radius 1 is 0.385 bits per heavy atom. The maximum atomic E-state index is 2.08. The van der Waals surface area contributed by atoms with E-state index in [0.717, 1.165) is 0 Å². The van der Waals surface area contributed by atoms with Crippen molar-refractivity contribution in [3.63, 3.8) is 0 Å². The van der Waals surface area contributed by atoms with Crippen LogP contribution < -0.4 is 0 Å². The normalized spacial score (nSPS) is 8.31. The van der Waals surface area contributed by atoms with Gasteiger partial charge in [0.05, 0.1) is 0 Å². The van der Waals surface area contributed by atoms with Gasteiger partial charge in [0, 0.05) is 19.5 Å². The Hall–Kier alpha value is 0.623. The third-order valence-corrected chi connectivity index (χ3v) is 0. The SMILES string of the molecule is C[C-](C)C.C[C-](C)C.C[C-](C)C.[Zn]. The second kappa shape index (κ2) is 18.4. The van der Waals surface area contributed by atoms with E-state index in [0.29, 0.717) is 0 Å². The molecule has 0 radical (unpaired) electrons. The van der Waals surface area contributed by atoms with Crippen LogP contribution in [-0.2, 0) is 19.5 Å². The molecule has 1 heteroatoms. The van der Waals surface area contributed by atoms with Crippen LogP contribution in [0, 0.1) is 17.8 Å². The summed E-state index contributed by atoms with van der Waals surface area (Å²) < 4.78 is 0. The standard InChI is InChI=1S/3C4H9.Zn/c3*1-4(2)3;/h3*1-3H3;/q3*-1;. The van der Waals surface area contributed by atoms with E-state index in [1.807, 2.05) is 0 Å². The van der Waals surface area contributed by atoms with E-state index in [1.165, 1.54) is 17.8 Å². The molecule has 0 heterocycles. The van der Waals surface area contributed by atoms with Crippen LogP contribution in [0.25, 0.3) is 0 Å². The van der Waals surface area contributed by atoms with Crippen molar-refractivity contribution in [2.75, 3.05) is 0 Å². The second-order valence-corrected chi connectivity index (χ2v) is 4.50. The average Bonchev–Trinajstić information content (AvgIpc) is 1.54. The zero-order valence-electron chi connectivity index (χ0n) is 11.2. The molecule has 0 saturated carbocycles. The van der Waals surface area contributed by atoms with Gasteiger partial charge in [0.1, 0.15) is 0 Å². The van der Waals surface area contributed by atoms with E-state index in [1.54, 1.807) is 0 Å². The summed E-state index contributed by atoms with van der Waals surface area (Å²) in [4.78, 5) is 0. The molecule has 0 nitrogen and oxygen atoms in total. The second-order valence-electron chi connectivity index (χ2n) is 4.50. The number of hydrogen-bond acceptors (Lipinski definition) is 0. The van der Waals surface area contributed by atoms with E-state index in [9.17, 15) is 0 Å². The molecule has 80 valence electrons. The molecule has 0 aromatic rings. The predicted octanol–water partition coefficient (Wildman–Crippen LogP) is 4.86. The van der Waals surface area contributed by atoms with Crippen LogP contribution in [0.1, 0.15) is 62.3 Å². The zero-order valence-corrected chi connectivity index (χ0v) is 14.2. The number of rotatable bonds is 0. The Morgan fingerprint density at radius 3 is 0.385 bits per heavy atom. The first kappa shape index (κ1) is 23.4. The smallest absolute Gasteiger partial charge is 0 e. The van der Waals surface area contributed by atoms with Gasteiger partial charge in [0.25, 0.3) is 0 Å². The van der Waals surface area contributed by atoms with E-state index < -0.39 is 0 Å². The molecule has 0 aliphatic carbocycles. The summed E-state index contributed by atoms with van der Waals surface area (Å²) in [6.07, 6.45) is 0. The summed E-state index contributed by atoms with van der Waals surface area (Å²) in [6.45, 7) is 18.8. The molecule has 0 spiro atoms. The monoisotopic (exact) mass is 235 g/mol. The molecular formula is C12H27Zn-3. The van der Waals surface area contributed by atoms with Gasteiger partial charge < -0.3 is 17.8 Å². The fraction of sp³-hybridized carbons (Fsp3) is 0.750. The summed E-state index contributed by atoms with van der Waals surface area (Å²) in [7, 11) is 0. The Labute approximate surface area is 99.6 Å². The molecule has 13 heavy (non-hydrogen) atoms. The molecule has 0 rings (SSSR count). The van der Waals surface area contributed by atoms with Crippen molar-refractivity contribution in [2.45, 2.75) is 62.3 Å². The van der Waals surface area contributed by atoms with Crippen LogP contribution in [0.3, 0.4) is 0 Å². The van der Waals surface area contributed by atoms with Gasteiger partial charge in [0.15, 0.2) is 0 Å². The van der Waals surface area contributed by atoms with Crippen LogP contribution >= 0.6 is 0 Å². The first-order valence-electron chi connectivity index (χ1n) is 4.50. The summed E-state index contributed by atoms with van der Waals surface area (Å²) in [5.41, 5.74) is 0. The maximum Gasteiger partial charge on any atom is 0 e.